The molecule has 2 rings (SSSR count). The fourth-order valence-electron chi connectivity index (χ4n) is 2.31. The van der Waals surface area contributed by atoms with Crippen LogP contribution < -0.4 is 10.6 Å². The maximum atomic E-state index is 12.1. The van der Waals surface area contributed by atoms with Gasteiger partial charge in [-0.15, -0.1) is 0 Å². The van der Waals surface area contributed by atoms with Crippen LogP contribution in [0.2, 0.25) is 0 Å². The molecule has 6 heteroatoms. The number of urea groups is 1. The van der Waals surface area contributed by atoms with Crippen molar-refractivity contribution in [3.05, 3.63) is 42.0 Å². The Bertz CT molecular complexity index is 852. The van der Waals surface area contributed by atoms with Gasteiger partial charge in [-0.2, -0.15) is 0 Å². The molecule has 0 aliphatic carbocycles. The average molecular weight is 348 g/mol. The third-order valence-electron chi connectivity index (χ3n) is 3.97. The van der Waals surface area contributed by atoms with Crippen LogP contribution in [0.4, 0.5) is 10.5 Å². The smallest absolute Gasteiger partial charge is 0.319 e. The molecule has 0 saturated carbocycles. The Kier molecular flexibility index (Phi) is 5.18. The van der Waals surface area contributed by atoms with Gasteiger partial charge in [0, 0.05) is 11.9 Å². The van der Waals surface area contributed by atoms with Crippen LogP contribution in [0.1, 0.15) is 26.3 Å². The molecular weight excluding hydrogens is 324 g/mol. The van der Waals surface area contributed by atoms with E-state index in [1.165, 1.54) is 0 Å². The Labute approximate surface area is 143 Å². The predicted octanol–water partition coefficient (Wildman–Crippen LogP) is 3.48. The Morgan fingerprint density at radius 3 is 2.42 bits per heavy atom. The van der Waals surface area contributed by atoms with Crippen LogP contribution in [0.3, 0.4) is 0 Å². The van der Waals surface area contributed by atoms with Crippen molar-refractivity contribution >= 4 is 32.3 Å². The molecule has 0 spiro atoms. The highest BCUT2D eigenvalue weighted by Gasteiger charge is 2.28. The first kappa shape index (κ1) is 18.3. The summed E-state index contributed by atoms with van der Waals surface area (Å²) in [6.07, 6.45) is 0. The summed E-state index contributed by atoms with van der Waals surface area (Å²) in [7, 11) is -3.25. The van der Waals surface area contributed by atoms with E-state index in [1.807, 2.05) is 43.3 Å². The third-order valence-corrected chi connectivity index (χ3v) is 6.57. The van der Waals surface area contributed by atoms with Crippen molar-refractivity contribution in [1.29, 1.82) is 0 Å². The van der Waals surface area contributed by atoms with E-state index in [0.717, 1.165) is 22.0 Å². The number of anilines is 1. The molecular formula is C18H24N2O3S. The number of nitrogens with one attached hydrogen (secondary N) is 2. The first-order valence-electron chi connectivity index (χ1n) is 7.87. The van der Waals surface area contributed by atoms with Crippen molar-refractivity contribution in [3.8, 4) is 0 Å². The van der Waals surface area contributed by atoms with Crippen molar-refractivity contribution in [3.63, 3.8) is 0 Å². The Hall–Kier alpha value is -2.08. The van der Waals surface area contributed by atoms with Crippen molar-refractivity contribution in [2.75, 3.05) is 17.6 Å². The SMILES string of the molecule is Cc1ccc2ccccc2c1NC(=O)NCCS(=O)(=O)C(C)(C)C. The second-order valence-corrected chi connectivity index (χ2v) is 9.65. The number of fused-ring (bicyclic) bond motifs is 1. The zero-order valence-electron chi connectivity index (χ0n) is 14.5. The minimum absolute atomic E-state index is 0.0786. The highest BCUT2D eigenvalue weighted by atomic mass is 32.2. The third kappa shape index (κ3) is 4.06. The van der Waals surface area contributed by atoms with Crippen LogP contribution in [-0.2, 0) is 9.84 Å². The largest absolute Gasteiger partial charge is 0.337 e. The van der Waals surface area contributed by atoms with Crippen molar-refractivity contribution < 1.29 is 13.2 Å². The molecule has 0 bridgehead atoms. The molecule has 0 radical (unpaired) electrons. The van der Waals surface area contributed by atoms with Gasteiger partial charge in [0.05, 0.1) is 16.2 Å². The van der Waals surface area contributed by atoms with Crippen LogP contribution in [0.5, 0.6) is 0 Å². The molecule has 2 aromatic rings. The zero-order chi connectivity index (χ0) is 18.0. The van der Waals surface area contributed by atoms with Gasteiger partial charge in [0.1, 0.15) is 0 Å². The van der Waals surface area contributed by atoms with Crippen molar-refractivity contribution in [1.82, 2.24) is 5.32 Å². The number of hydrogen-bond donors (Lipinski definition) is 2. The van der Waals surface area contributed by atoms with E-state index in [9.17, 15) is 13.2 Å². The maximum absolute atomic E-state index is 12.1. The summed E-state index contributed by atoms with van der Waals surface area (Å²) in [5, 5.41) is 7.44. The molecule has 0 heterocycles. The number of carbonyl (C=O) groups excluding carboxylic acids is 1. The molecule has 0 unspecified atom stereocenters. The standard InChI is InChI=1S/C18H24N2O3S/c1-13-9-10-14-7-5-6-8-15(14)16(13)20-17(21)19-11-12-24(22,23)18(2,3)4/h5-10H,11-12H2,1-4H3,(H2,19,20,21). The minimum Gasteiger partial charge on any atom is -0.337 e. The van der Waals surface area contributed by atoms with Gasteiger partial charge in [0.15, 0.2) is 9.84 Å². The Balaban J connectivity index is 2.05. The summed E-state index contributed by atoms with van der Waals surface area (Å²) in [6.45, 7) is 6.97. The molecule has 24 heavy (non-hydrogen) atoms. The van der Waals surface area contributed by atoms with E-state index in [2.05, 4.69) is 10.6 Å². The summed E-state index contributed by atoms with van der Waals surface area (Å²) < 4.78 is 23.3. The summed E-state index contributed by atoms with van der Waals surface area (Å²) in [5.74, 6) is -0.0849. The lowest BCUT2D eigenvalue weighted by Gasteiger charge is -2.19. The number of aryl methyl sites for hydroxylation is 1. The molecule has 0 aromatic heterocycles. The number of rotatable bonds is 4. The molecule has 2 amide bonds. The average Bonchev–Trinajstić information content (AvgIpc) is 2.49. The molecule has 2 N–H and O–H groups in total. The van der Waals surface area contributed by atoms with Gasteiger partial charge in [0.2, 0.25) is 0 Å². The summed E-state index contributed by atoms with van der Waals surface area (Å²) in [6, 6.07) is 11.3. The Morgan fingerprint density at radius 1 is 1.08 bits per heavy atom. The fourth-order valence-corrected chi connectivity index (χ4v) is 3.29. The molecule has 2 aromatic carbocycles. The second kappa shape index (κ2) is 6.81. The fraction of sp³-hybridized carbons (Fsp3) is 0.389. The number of sulfone groups is 1. The van der Waals surface area contributed by atoms with Gasteiger partial charge in [-0.25, -0.2) is 13.2 Å². The quantitative estimate of drug-likeness (QED) is 0.888. The minimum atomic E-state index is -3.25. The first-order chi connectivity index (χ1) is 11.1. The highest BCUT2D eigenvalue weighted by molar-refractivity contribution is 7.92. The normalized spacial score (nSPS) is 12.2. The summed E-state index contributed by atoms with van der Waals surface area (Å²) in [4.78, 5) is 12.1. The van der Waals surface area contributed by atoms with E-state index in [-0.39, 0.29) is 12.3 Å². The molecule has 0 atom stereocenters. The van der Waals surface area contributed by atoms with Crippen molar-refractivity contribution in [2.24, 2.45) is 0 Å². The van der Waals surface area contributed by atoms with E-state index in [0.29, 0.717) is 0 Å². The number of carbonyl (C=O) groups is 1. The lowest BCUT2D eigenvalue weighted by atomic mass is 10.0. The number of amides is 2. The van der Waals surface area contributed by atoms with E-state index >= 15 is 0 Å². The summed E-state index contributed by atoms with van der Waals surface area (Å²) in [5.41, 5.74) is 1.69. The molecule has 0 fully saturated rings. The van der Waals surface area contributed by atoms with Gasteiger partial charge in [-0.3, -0.25) is 0 Å². The monoisotopic (exact) mass is 348 g/mol. The van der Waals surface area contributed by atoms with E-state index in [1.54, 1.807) is 20.8 Å². The van der Waals surface area contributed by atoms with E-state index in [4.69, 9.17) is 0 Å². The van der Waals surface area contributed by atoms with Crippen LogP contribution >= 0.6 is 0 Å². The highest BCUT2D eigenvalue weighted by Crippen LogP contribution is 2.26. The molecule has 5 nitrogen and oxygen atoms in total. The second-order valence-electron chi connectivity index (χ2n) is 6.79. The van der Waals surface area contributed by atoms with Crippen molar-refractivity contribution in [2.45, 2.75) is 32.4 Å². The maximum Gasteiger partial charge on any atom is 0.319 e. The lowest BCUT2D eigenvalue weighted by molar-refractivity contribution is 0.252. The van der Waals surface area contributed by atoms with Crippen LogP contribution in [0.25, 0.3) is 10.8 Å². The molecule has 130 valence electrons. The summed E-state index contributed by atoms with van der Waals surface area (Å²) >= 11 is 0. The Morgan fingerprint density at radius 2 is 1.75 bits per heavy atom. The lowest BCUT2D eigenvalue weighted by Crippen LogP contribution is -2.38. The van der Waals surface area contributed by atoms with Gasteiger partial charge in [-0.05, 0) is 38.6 Å². The van der Waals surface area contributed by atoms with Gasteiger partial charge >= 0.3 is 6.03 Å². The topological polar surface area (TPSA) is 75.3 Å². The van der Waals surface area contributed by atoms with Gasteiger partial charge < -0.3 is 10.6 Å². The number of benzene rings is 2. The molecule has 0 aliphatic heterocycles. The van der Waals surface area contributed by atoms with Crippen LogP contribution in [-0.4, -0.2) is 31.5 Å². The number of hydrogen-bond acceptors (Lipinski definition) is 3. The molecule has 0 aliphatic rings. The van der Waals surface area contributed by atoms with Gasteiger partial charge in [0.25, 0.3) is 0 Å². The van der Waals surface area contributed by atoms with E-state index < -0.39 is 20.6 Å². The zero-order valence-corrected chi connectivity index (χ0v) is 15.3. The predicted molar refractivity (Wildman–Crippen MR) is 99.2 cm³/mol. The van der Waals surface area contributed by atoms with Gasteiger partial charge in [-0.1, -0.05) is 36.4 Å². The van der Waals surface area contributed by atoms with Crippen LogP contribution in [0, 0.1) is 6.92 Å². The first-order valence-corrected chi connectivity index (χ1v) is 9.52. The molecule has 0 saturated heterocycles. The van der Waals surface area contributed by atoms with Crippen LogP contribution in [0.15, 0.2) is 36.4 Å².